The molecule has 0 aliphatic carbocycles. The standard InChI is InChI=1S/C20H19FN4O3S/c1-13-4-2-5-14(8-13)10-22-17(26)11-28-12-18-24-25-20(29-18)19(27)23-16-7-3-6-15(21)9-16/h2-9H,10-12H2,1H3,(H,22,26)(H,23,27). The lowest BCUT2D eigenvalue weighted by atomic mass is 10.1. The van der Waals surface area contributed by atoms with Crippen LogP contribution in [0.4, 0.5) is 10.1 Å². The number of carbonyl (C=O) groups is 2. The summed E-state index contributed by atoms with van der Waals surface area (Å²) in [5, 5.41) is 13.6. The maximum absolute atomic E-state index is 13.2. The van der Waals surface area contributed by atoms with Gasteiger partial charge in [0.15, 0.2) is 0 Å². The second-order valence-electron chi connectivity index (χ2n) is 6.22. The molecule has 0 fully saturated rings. The molecule has 0 aliphatic heterocycles. The van der Waals surface area contributed by atoms with Crippen molar-refractivity contribution in [3.05, 3.63) is 75.5 Å². The van der Waals surface area contributed by atoms with E-state index in [9.17, 15) is 14.0 Å². The number of aryl methyl sites for hydroxylation is 1. The van der Waals surface area contributed by atoms with Gasteiger partial charge in [0, 0.05) is 12.2 Å². The van der Waals surface area contributed by atoms with Crippen LogP contribution in [0.3, 0.4) is 0 Å². The van der Waals surface area contributed by atoms with E-state index in [1.165, 1.54) is 18.2 Å². The fraction of sp³-hybridized carbons (Fsp3) is 0.200. The van der Waals surface area contributed by atoms with E-state index in [0.29, 0.717) is 17.2 Å². The zero-order valence-electron chi connectivity index (χ0n) is 15.6. The first-order valence-electron chi connectivity index (χ1n) is 8.79. The Balaban J connectivity index is 1.41. The van der Waals surface area contributed by atoms with E-state index in [1.807, 2.05) is 31.2 Å². The number of nitrogens with one attached hydrogen (secondary N) is 2. The quantitative estimate of drug-likeness (QED) is 0.591. The van der Waals surface area contributed by atoms with E-state index in [2.05, 4.69) is 20.8 Å². The third-order valence-corrected chi connectivity index (χ3v) is 4.67. The van der Waals surface area contributed by atoms with Gasteiger partial charge in [0.05, 0.1) is 0 Å². The molecule has 9 heteroatoms. The van der Waals surface area contributed by atoms with Gasteiger partial charge in [-0.25, -0.2) is 4.39 Å². The Morgan fingerprint density at radius 2 is 1.97 bits per heavy atom. The average molecular weight is 414 g/mol. The number of carbonyl (C=O) groups excluding carboxylic acids is 2. The summed E-state index contributed by atoms with van der Waals surface area (Å²) < 4.78 is 18.5. The number of benzene rings is 2. The van der Waals surface area contributed by atoms with Crippen LogP contribution < -0.4 is 10.6 Å². The van der Waals surface area contributed by atoms with Gasteiger partial charge in [0.1, 0.15) is 24.0 Å². The van der Waals surface area contributed by atoms with Crippen LogP contribution in [0.15, 0.2) is 48.5 Å². The number of aromatic nitrogens is 2. The molecule has 0 spiro atoms. The normalized spacial score (nSPS) is 10.6. The number of ether oxygens (including phenoxy) is 1. The van der Waals surface area contributed by atoms with E-state index < -0.39 is 11.7 Å². The van der Waals surface area contributed by atoms with Crippen LogP contribution in [-0.4, -0.2) is 28.6 Å². The van der Waals surface area contributed by atoms with Crippen LogP contribution >= 0.6 is 11.3 Å². The number of anilines is 1. The van der Waals surface area contributed by atoms with Gasteiger partial charge in [-0.1, -0.05) is 47.2 Å². The molecule has 0 aliphatic rings. The Labute approximate surface area is 170 Å². The van der Waals surface area contributed by atoms with Crippen molar-refractivity contribution < 1.29 is 18.7 Å². The van der Waals surface area contributed by atoms with Crippen molar-refractivity contribution in [2.45, 2.75) is 20.1 Å². The fourth-order valence-corrected chi connectivity index (χ4v) is 3.13. The summed E-state index contributed by atoms with van der Waals surface area (Å²) in [6.45, 7) is 2.34. The van der Waals surface area contributed by atoms with Gasteiger partial charge in [0.2, 0.25) is 10.9 Å². The molecule has 2 aromatic carbocycles. The summed E-state index contributed by atoms with van der Waals surface area (Å²) in [4.78, 5) is 24.0. The van der Waals surface area contributed by atoms with E-state index in [1.54, 1.807) is 6.07 Å². The first-order valence-corrected chi connectivity index (χ1v) is 9.60. The highest BCUT2D eigenvalue weighted by atomic mass is 32.1. The number of amides is 2. The van der Waals surface area contributed by atoms with E-state index in [-0.39, 0.29) is 24.1 Å². The van der Waals surface area contributed by atoms with Crippen molar-refractivity contribution in [2.75, 3.05) is 11.9 Å². The van der Waals surface area contributed by atoms with E-state index >= 15 is 0 Å². The molecular weight excluding hydrogens is 395 g/mol. The van der Waals surface area contributed by atoms with Crippen molar-refractivity contribution in [2.24, 2.45) is 0 Å². The molecule has 0 saturated heterocycles. The Morgan fingerprint density at radius 3 is 2.76 bits per heavy atom. The molecule has 0 unspecified atom stereocenters. The van der Waals surface area contributed by atoms with Crippen molar-refractivity contribution >= 4 is 28.8 Å². The third-order valence-electron chi connectivity index (χ3n) is 3.77. The van der Waals surface area contributed by atoms with Gasteiger partial charge in [-0.05, 0) is 30.7 Å². The minimum Gasteiger partial charge on any atom is -0.364 e. The smallest absolute Gasteiger partial charge is 0.286 e. The van der Waals surface area contributed by atoms with Gasteiger partial charge in [0.25, 0.3) is 5.91 Å². The average Bonchev–Trinajstić information content (AvgIpc) is 3.16. The van der Waals surface area contributed by atoms with Gasteiger partial charge in [-0.3, -0.25) is 9.59 Å². The Bertz CT molecular complexity index is 1010. The van der Waals surface area contributed by atoms with Crippen LogP contribution in [-0.2, 0) is 22.7 Å². The largest absolute Gasteiger partial charge is 0.364 e. The predicted octanol–water partition coefficient (Wildman–Crippen LogP) is 3.07. The topological polar surface area (TPSA) is 93.2 Å². The molecule has 2 amide bonds. The van der Waals surface area contributed by atoms with E-state index in [0.717, 1.165) is 22.5 Å². The minimum atomic E-state index is -0.491. The van der Waals surface area contributed by atoms with Crippen LogP contribution in [0, 0.1) is 12.7 Å². The summed E-state index contributed by atoms with van der Waals surface area (Å²) in [6.07, 6.45) is 0. The molecular formula is C20H19FN4O3S. The summed E-state index contributed by atoms with van der Waals surface area (Å²) in [5.74, 6) is -1.19. The van der Waals surface area contributed by atoms with Crippen molar-refractivity contribution in [3.63, 3.8) is 0 Å². The van der Waals surface area contributed by atoms with Crippen LogP contribution in [0.1, 0.15) is 25.9 Å². The highest BCUT2D eigenvalue weighted by molar-refractivity contribution is 7.13. The summed E-state index contributed by atoms with van der Waals surface area (Å²) in [7, 11) is 0. The van der Waals surface area contributed by atoms with Crippen molar-refractivity contribution in [3.8, 4) is 0 Å². The number of rotatable bonds is 8. The number of hydrogen-bond donors (Lipinski definition) is 2. The number of halogens is 1. The van der Waals surface area contributed by atoms with Crippen molar-refractivity contribution in [1.29, 1.82) is 0 Å². The molecule has 2 N–H and O–H groups in total. The molecule has 3 rings (SSSR count). The Morgan fingerprint density at radius 1 is 1.14 bits per heavy atom. The Hall–Kier alpha value is -3.17. The lowest BCUT2D eigenvalue weighted by Crippen LogP contribution is -2.27. The molecule has 3 aromatic rings. The molecule has 0 bridgehead atoms. The highest BCUT2D eigenvalue weighted by Crippen LogP contribution is 2.15. The molecule has 7 nitrogen and oxygen atoms in total. The molecule has 0 atom stereocenters. The molecule has 1 heterocycles. The SMILES string of the molecule is Cc1cccc(CNC(=O)COCc2nnc(C(=O)Nc3cccc(F)c3)s2)c1. The third kappa shape index (κ3) is 6.44. The fourth-order valence-electron chi connectivity index (χ4n) is 2.46. The summed E-state index contributed by atoms with van der Waals surface area (Å²) in [6, 6.07) is 13.4. The second-order valence-corrected chi connectivity index (χ2v) is 7.29. The second kappa shape index (κ2) is 9.85. The monoisotopic (exact) mass is 414 g/mol. The van der Waals surface area contributed by atoms with Gasteiger partial charge >= 0.3 is 0 Å². The zero-order chi connectivity index (χ0) is 20.6. The van der Waals surface area contributed by atoms with Crippen LogP contribution in [0.5, 0.6) is 0 Å². The lowest BCUT2D eigenvalue weighted by Gasteiger charge is -2.06. The first-order chi connectivity index (χ1) is 14.0. The summed E-state index contributed by atoms with van der Waals surface area (Å²) >= 11 is 1.04. The molecule has 150 valence electrons. The highest BCUT2D eigenvalue weighted by Gasteiger charge is 2.14. The van der Waals surface area contributed by atoms with Crippen molar-refractivity contribution in [1.82, 2.24) is 15.5 Å². The van der Waals surface area contributed by atoms with Gasteiger partial charge in [-0.2, -0.15) is 0 Å². The zero-order valence-corrected chi connectivity index (χ0v) is 16.5. The molecule has 29 heavy (non-hydrogen) atoms. The van der Waals surface area contributed by atoms with E-state index in [4.69, 9.17) is 4.74 Å². The first kappa shape index (κ1) is 20.6. The molecule has 0 saturated carbocycles. The molecule has 0 radical (unpaired) electrons. The van der Waals surface area contributed by atoms with Gasteiger partial charge < -0.3 is 15.4 Å². The maximum Gasteiger partial charge on any atom is 0.286 e. The summed E-state index contributed by atoms with van der Waals surface area (Å²) in [5.41, 5.74) is 2.46. The number of hydrogen-bond acceptors (Lipinski definition) is 6. The van der Waals surface area contributed by atoms with Gasteiger partial charge in [-0.15, -0.1) is 10.2 Å². The molecule has 1 aromatic heterocycles. The lowest BCUT2D eigenvalue weighted by molar-refractivity contribution is -0.126. The Kier molecular flexibility index (Phi) is 6.99. The minimum absolute atomic E-state index is 0.0583. The number of nitrogens with zero attached hydrogens (tertiary/aromatic N) is 2. The predicted molar refractivity (Wildman–Crippen MR) is 107 cm³/mol. The maximum atomic E-state index is 13.2. The van der Waals surface area contributed by atoms with Crippen LogP contribution in [0.2, 0.25) is 0 Å². The van der Waals surface area contributed by atoms with Crippen LogP contribution in [0.25, 0.3) is 0 Å².